The number of carbonyl (C=O) groups is 1. The van der Waals surface area contributed by atoms with Crippen LogP contribution in [0.3, 0.4) is 0 Å². The summed E-state index contributed by atoms with van der Waals surface area (Å²) in [7, 11) is 3.58. The van der Waals surface area contributed by atoms with Crippen molar-refractivity contribution < 1.29 is 13.9 Å². The van der Waals surface area contributed by atoms with Crippen molar-refractivity contribution in [2.75, 3.05) is 45.2 Å². The zero-order chi connectivity index (χ0) is 19.4. The van der Waals surface area contributed by atoms with E-state index in [-0.39, 0.29) is 5.78 Å². The van der Waals surface area contributed by atoms with Crippen molar-refractivity contribution in [1.29, 1.82) is 0 Å². The lowest BCUT2D eigenvalue weighted by Crippen LogP contribution is -2.44. The van der Waals surface area contributed by atoms with Gasteiger partial charge in [-0.2, -0.15) is 0 Å². The van der Waals surface area contributed by atoms with Gasteiger partial charge in [-0.25, -0.2) is 4.39 Å². The summed E-state index contributed by atoms with van der Waals surface area (Å²) in [6, 6.07) is 10.3. The van der Waals surface area contributed by atoms with Gasteiger partial charge in [-0.05, 0) is 49.5 Å². The molecule has 1 heterocycles. The maximum absolute atomic E-state index is 14.1. The van der Waals surface area contributed by atoms with Gasteiger partial charge in [-0.1, -0.05) is 15.9 Å². The average Bonchev–Trinajstić information content (AvgIpc) is 2.67. The molecule has 2 aromatic rings. The van der Waals surface area contributed by atoms with Gasteiger partial charge in [0.2, 0.25) is 0 Å². The van der Waals surface area contributed by atoms with E-state index in [0.717, 1.165) is 36.3 Å². The van der Waals surface area contributed by atoms with Crippen molar-refractivity contribution in [2.24, 2.45) is 0 Å². The van der Waals surface area contributed by atoms with Crippen molar-refractivity contribution in [3.05, 3.63) is 63.9 Å². The van der Waals surface area contributed by atoms with Crippen molar-refractivity contribution in [3.8, 4) is 5.75 Å². The lowest BCUT2D eigenvalue weighted by atomic mass is 10.0. The Kier molecular flexibility index (Phi) is 6.29. The molecule has 1 aliphatic rings. The fourth-order valence-corrected chi connectivity index (χ4v) is 3.42. The van der Waals surface area contributed by atoms with E-state index in [0.29, 0.717) is 16.9 Å². The van der Waals surface area contributed by atoms with E-state index >= 15 is 0 Å². The Morgan fingerprint density at radius 2 is 1.89 bits per heavy atom. The van der Waals surface area contributed by atoms with Crippen LogP contribution in [0, 0.1) is 5.82 Å². The molecular formula is C21H22BrFN2O2. The number of methoxy groups -OCH3 is 1. The Morgan fingerprint density at radius 1 is 1.15 bits per heavy atom. The highest BCUT2D eigenvalue weighted by Crippen LogP contribution is 2.27. The average molecular weight is 433 g/mol. The van der Waals surface area contributed by atoms with Gasteiger partial charge >= 0.3 is 0 Å². The number of hydrogen-bond donors (Lipinski definition) is 0. The molecule has 0 bridgehead atoms. The first-order valence-corrected chi connectivity index (χ1v) is 9.56. The molecule has 0 aromatic heterocycles. The summed E-state index contributed by atoms with van der Waals surface area (Å²) < 4.78 is 19.9. The molecule has 1 aliphatic heterocycles. The Hall–Kier alpha value is -2.18. The molecular weight excluding hydrogens is 411 g/mol. The fourth-order valence-electron chi connectivity index (χ4n) is 3.05. The van der Waals surface area contributed by atoms with Crippen LogP contribution in [0.4, 0.5) is 10.1 Å². The van der Waals surface area contributed by atoms with Gasteiger partial charge < -0.3 is 14.5 Å². The lowest BCUT2D eigenvalue weighted by Gasteiger charge is -2.35. The normalized spacial score (nSPS) is 15.3. The minimum absolute atomic E-state index is 0.152. The summed E-state index contributed by atoms with van der Waals surface area (Å²) in [5.41, 5.74) is 1.87. The fraction of sp³-hybridized carbons (Fsp3) is 0.286. The number of hydrogen-bond acceptors (Lipinski definition) is 4. The Labute approximate surface area is 167 Å². The largest absolute Gasteiger partial charge is 0.497 e. The highest BCUT2D eigenvalue weighted by Gasteiger charge is 2.19. The quantitative estimate of drug-likeness (QED) is 0.522. The minimum atomic E-state index is -0.424. The summed E-state index contributed by atoms with van der Waals surface area (Å²) in [5.74, 6) is -0.132. The first-order valence-electron chi connectivity index (χ1n) is 8.77. The molecule has 1 saturated heterocycles. The van der Waals surface area contributed by atoms with Crippen molar-refractivity contribution in [1.82, 2.24) is 4.90 Å². The highest BCUT2D eigenvalue weighted by molar-refractivity contribution is 9.10. The molecule has 142 valence electrons. The molecule has 4 nitrogen and oxygen atoms in total. The topological polar surface area (TPSA) is 32.8 Å². The maximum Gasteiger partial charge on any atom is 0.187 e. The summed E-state index contributed by atoms with van der Waals surface area (Å²) in [6.45, 7) is 3.65. The van der Waals surface area contributed by atoms with Gasteiger partial charge in [0.15, 0.2) is 5.78 Å². The lowest BCUT2D eigenvalue weighted by molar-refractivity contribution is 0.104. The Balaban J connectivity index is 1.85. The molecule has 3 rings (SSSR count). The van der Waals surface area contributed by atoms with Gasteiger partial charge in [-0.15, -0.1) is 0 Å². The Bertz CT molecular complexity index is 861. The molecule has 0 spiro atoms. The highest BCUT2D eigenvalue weighted by atomic mass is 79.9. The van der Waals surface area contributed by atoms with E-state index in [2.05, 4.69) is 32.8 Å². The van der Waals surface area contributed by atoms with Crippen molar-refractivity contribution in [3.63, 3.8) is 0 Å². The van der Waals surface area contributed by atoms with Crippen LogP contribution in [0.25, 0.3) is 6.08 Å². The molecule has 1 fully saturated rings. The van der Waals surface area contributed by atoms with E-state index in [1.54, 1.807) is 12.1 Å². The van der Waals surface area contributed by atoms with Gasteiger partial charge in [0.25, 0.3) is 0 Å². The number of ketones is 1. The van der Waals surface area contributed by atoms with E-state index in [1.807, 2.05) is 18.2 Å². The van der Waals surface area contributed by atoms with Crippen LogP contribution in [0.5, 0.6) is 5.75 Å². The van der Waals surface area contributed by atoms with Gasteiger partial charge in [0.05, 0.1) is 7.11 Å². The molecule has 2 aromatic carbocycles. The number of carbonyl (C=O) groups excluding carboxylic acids is 1. The second-order valence-electron chi connectivity index (χ2n) is 6.54. The molecule has 6 heteroatoms. The number of anilines is 1. The number of nitrogens with zero attached hydrogens (tertiary/aromatic N) is 2. The van der Waals surface area contributed by atoms with Gasteiger partial charge in [0, 0.05) is 53.5 Å². The molecule has 0 saturated carbocycles. The molecule has 0 N–H and O–H groups in total. The maximum atomic E-state index is 14.1. The number of halogens is 2. The third-order valence-electron chi connectivity index (χ3n) is 4.69. The zero-order valence-electron chi connectivity index (χ0n) is 15.4. The monoisotopic (exact) mass is 432 g/mol. The first kappa shape index (κ1) is 19.6. The first-order chi connectivity index (χ1) is 13.0. The number of ether oxygens (including phenoxy) is 1. The predicted octanol–water partition coefficient (Wildman–Crippen LogP) is 4.24. The predicted molar refractivity (Wildman–Crippen MR) is 110 cm³/mol. The van der Waals surface area contributed by atoms with Crippen LogP contribution in [0.15, 0.2) is 46.9 Å². The number of benzene rings is 2. The number of allylic oxidation sites excluding steroid dienone is 1. The summed E-state index contributed by atoms with van der Waals surface area (Å²) in [5, 5.41) is 0. The summed E-state index contributed by atoms with van der Waals surface area (Å²) >= 11 is 3.44. The van der Waals surface area contributed by atoms with Gasteiger partial charge in [-0.3, -0.25) is 4.79 Å². The standard InChI is InChI=1S/C21H22BrFN2O2/c1-24-9-11-25(12-10-24)20-7-5-16(22)13-18(20)21(26)8-4-15-3-6-17(27-2)14-19(15)23/h3-8,13-14H,9-12H2,1-2H3. The molecule has 0 amide bonds. The third-order valence-corrected chi connectivity index (χ3v) is 5.18. The van der Waals surface area contributed by atoms with Crippen LogP contribution in [0.1, 0.15) is 15.9 Å². The third kappa shape index (κ3) is 4.76. The molecule has 27 heavy (non-hydrogen) atoms. The van der Waals surface area contributed by atoms with Crippen LogP contribution in [-0.4, -0.2) is 51.0 Å². The van der Waals surface area contributed by atoms with Gasteiger partial charge in [0.1, 0.15) is 11.6 Å². The molecule has 0 atom stereocenters. The van der Waals surface area contributed by atoms with E-state index in [1.165, 1.54) is 25.3 Å². The van der Waals surface area contributed by atoms with Crippen molar-refractivity contribution >= 4 is 33.5 Å². The van der Waals surface area contributed by atoms with E-state index in [9.17, 15) is 9.18 Å². The number of likely N-dealkylation sites (N-methyl/N-ethyl adjacent to an activating group) is 1. The molecule has 0 aliphatic carbocycles. The SMILES string of the molecule is COc1ccc(C=CC(=O)c2cc(Br)ccc2N2CCN(C)CC2)c(F)c1. The van der Waals surface area contributed by atoms with E-state index in [4.69, 9.17) is 4.74 Å². The number of piperazine rings is 1. The molecule has 0 radical (unpaired) electrons. The van der Waals surface area contributed by atoms with Crippen molar-refractivity contribution in [2.45, 2.75) is 0 Å². The summed E-state index contributed by atoms with van der Waals surface area (Å²) in [6.07, 6.45) is 2.93. The van der Waals surface area contributed by atoms with Crippen LogP contribution in [-0.2, 0) is 0 Å². The molecule has 0 unspecified atom stereocenters. The van der Waals surface area contributed by atoms with E-state index < -0.39 is 5.82 Å². The second kappa shape index (κ2) is 8.67. The smallest absolute Gasteiger partial charge is 0.187 e. The number of rotatable bonds is 5. The van der Waals surface area contributed by atoms with Crippen LogP contribution < -0.4 is 9.64 Å². The van der Waals surface area contributed by atoms with Crippen LogP contribution in [0.2, 0.25) is 0 Å². The Morgan fingerprint density at radius 3 is 2.56 bits per heavy atom. The zero-order valence-corrected chi connectivity index (χ0v) is 17.0. The van der Waals surface area contributed by atoms with Crippen LogP contribution >= 0.6 is 15.9 Å². The second-order valence-corrected chi connectivity index (χ2v) is 7.45. The minimum Gasteiger partial charge on any atom is -0.497 e. The summed E-state index contributed by atoms with van der Waals surface area (Å²) in [4.78, 5) is 17.3.